The summed E-state index contributed by atoms with van der Waals surface area (Å²) >= 11 is 1.37. The molecular formula is C20H18N4O4S2. The molecule has 1 aliphatic heterocycles. The number of thiophene rings is 1. The van der Waals surface area contributed by atoms with Gasteiger partial charge in [-0.3, -0.25) is 4.79 Å². The first-order valence-corrected chi connectivity index (χ1v) is 11.4. The number of nitriles is 1. The van der Waals surface area contributed by atoms with E-state index in [9.17, 15) is 18.5 Å². The Kier molecular flexibility index (Phi) is 5.09. The third kappa shape index (κ3) is 3.46. The van der Waals surface area contributed by atoms with Gasteiger partial charge in [0.05, 0.1) is 18.4 Å². The molecule has 1 N–H and O–H groups in total. The van der Waals surface area contributed by atoms with E-state index in [2.05, 4.69) is 15.8 Å². The van der Waals surface area contributed by atoms with Gasteiger partial charge in [0, 0.05) is 17.5 Å². The van der Waals surface area contributed by atoms with E-state index in [-0.39, 0.29) is 11.4 Å². The van der Waals surface area contributed by atoms with Crippen LogP contribution in [-0.4, -0.2) is 38.5 Å². The topological polar surface area (TPSA) is 112 Å². The van der Waals surface area contributed by atoms with E-state index in [0.717, 1.165) is 34.0 Å². The number of ether oxygens (including phenoxy) is 1. The maximum Gasteiger partial charge on any atom is 0.345 e. The van der Waals surface area contributed by atoms with Crippen LogP contribution in [0.4, 0.5) is 5.00 Å². The van der Waals surface area contributed by atoms with Crippen molar-refractivity contribution in [1.82, 2.24) is 4.31 Å². The number of likely N-dealkylation sites (N-methyl/N-ethyl adjacent to an activating group) is 1. The number of anilines is 1. The van der Waals surface area contributed by atoms with Crippen molar-refractivity contribution < 1.29 is 17.9 Å². The Bertz CT molecular complexity index is 1250. The highest BCUT2D eigenvalue weighted by Gasteiger charge is 2.31. The van der Waals surface area contributed by atoms with Crippen molar-refractivity contribution in [1.29, 1.82) is 5.26 Å². The average Bonchev–Trinajstić information content (AvgIpc) is 3.30. The van der Waals surface area contributed by atoms with Gasteiger partial charge < -0.3 is 10.1 Å². The fourth-order valence-corrected chi connectivity index (χ4v) is 5.61. The number of methoxy groups -OCH3 is 1. The number of nitrogens with one attached hydrogen (secondary N) is 1. The number of carbonyl (C=O) groups is 1. The second-order valence-corrected chi connectivity index (χ2v) is 9.54. The zero-order valence-corrected chi connectivity index (χ0v) is 17.9. The summed E-state index contributed by atoms with van der Waals surface area (Å²) in [6.45, 7) is 0. The summed E-state index contributed by atoms with van der Waals surface area (Å²) < 4.78 is 34.9. The number of carbonyl (C=O) groups excluding carboxylic acids is 1. The molecule has 1 aromatic heterocycles. The highest BCUT2D eigenvalue weighted by atomic mass is 32.2. The third-order valence-corrected chi connectivity index (χ3v) is 7.55. The minimum Gasteiger partial charge on any atom is -0.497 e. The Balaban J connectivity index is 1.70. The number of benzene rings is 1. The second kappa shape index (κ2) is 7.59. The Morgan fingerprint density at radius 1 is 1.37 bits per heavy atom. The van der Waals surface area contributed by atoms with Crippen LogP contribution < -0.4 is 10.1 Å². The molecule has 0 spiro atoms. The van der Waals surface area contributed by atoms with E-state index < -0.39 is 16.1 Å². The summed E-state index contributed by atoms with van der Waals surface area (Å²) in [6.07, 6.45) is 4.11. The predicted octanol–water partition coefficient (Wildman–Crippen LogP) is 2.62. The smallest absolute Gasteiger partial charge is 0.345 e. The first-order valence-electron chi connectivity index (χ1n) is 9.15. The van der Waals surface area contributed by atoms with Crippen molar-refractivity contribution in [2.24, 2.45) is 4.40 Å². The molecule has 0 saturated heterocycles. The van der Waals surface area contributed by atoms with Crippen LogP contribution in [0.3, 0.4) is 0 Å². The van der Waals surface area contributed by atoms with Gasteiger partial charge in [-0.15, -0.1) is 15.7 Å². The molecule has 2 heterocycles. The van der Waals surface area contributed by atoms with Crippen LogP contribution in [0, 0.1) is 11.3 Å². The summed E-state index contributed by atoms with van der Waals surface area (Å²) in [5.74, 6) is -0.0783. The minimum absolute atomic E-state index is 0.0831. The Hall–Kier alpha value is -3.16. The zero-order chi connectivity index (χ0) is 21.5. The largest absolute Gasteiger partial charge is 0.497 e. The molecule has 30 heavy (non-hydrogen) atoms. The number of hydrogen-bond acceptors (Lipinski definition) is 6. The highest BCUT2D eigenvalue weighted by Crippen LogP contribution is 2.39. The maximum absolute atomic E-state index is 13.0. The molecule has 2 aromatic rings. The van der Waals surface area contributed by atoms with Crippen LogP contribution in [0.5, 0.6) is 5.75 Å². The zero-order valence-electron chi connectivity index (χ0n) is 16.3. The van der Waals surface area contributed by atoms with E-state index in [4.69, 9.17) is 4.74 Å². The molecule has 1 amide bonds. The molecule has 0 radical (unpaired) electrons. The van der Waals surface area contributed by atoms with E-state index in [0.29, 0.717) is 21.9 Å². The van der Waals surface area contributed by atoms with Gasteiger partial charge >= 0.3 is 10.2 Å². The van der Waals surface area contributed by atoms with Gasteiger partial charge in [-0.2, -0.15) is 13.7 Å². The number of fused-ring (bicyclic) bond motifs is 1. The summed E-state index contributed by atoms with van der Waals surface area (Å²) in [5.41, 5.74) is 2.00. The first kappa shape index (κ1) is 20.1. The fraction of sp³-hybridized carbons (Fsp3) is 0.250. The Morgan fingerprint density at radius 2 is 2.17 bits per heavy atom. The molecule has 8 nitrogen and oxygen atoms in total. The van der Waals surface area contributed by atoms with Gasteiger partial charge in [-0.1, -0.05) is 12.1 Å². The summed E-state index contributed by atoms with van der Waals surface area (Å²) in [6, 6.07) is 8.93. The summed E-state index contributed by atoms with van der Waals surface area (Å²) in [4.78, 5) is 14.1. The van der Waals surface area contributed by atoms with Crippen molar-refractivity contribution >= 4 is 38.2 Å². The summed E-state index contributed by atoms with van der Waals surface area (Å²) in [5, 5.41) is 12.7. The lowest BCUT2D eigenvalue weighted by Gasteiger charge is -2.23. The molecule has 10 heteroatoms. The first-order chi connectivity index (χ1) is 14.3. The maximum atomic E-state index is 13.0. The quantitative estimate of drug-likeness (QED) is 0.782. The van der Waals surface area contributed by atoms with Gasteiger partial charge in [0.15, 0.2) is 0 Å². The van der Waals surface area contributed by atoms with Crippen LogP contribution in [0.15, 0.2) is 40.4 Å². The van der Waals surface area contributed by atoms with Crippen molar-refractivity contribution in [3.8, 4) is 11.8 Å². The van der Waals surface area contributed by atoms with Crippen LogP contribution in [-0.2, 0) is 27.8 Å². The standard InChI is InChI=1S/C20H18N4O4S2/c1-24-17(19(25)22-20-15(11-21)14-7-4-8-18(14)29-20)10-16(23-30(24,26)27)12-5-3-6-13(9-12)28-2/h3,5-6,9-10H,4,7-8H2,1-2H3,(H,22,25). The number of hydrogen-bond donors (Lipinski definition) is 1. The molecule has 1 aliphatic carbocycles. The highest BCUT2D eigenvalue weighted by molar-refractivity contribution is 7.88. The van der Waals surface area contributed by atoms with Gasteiger partial charge in [0.1, 0.15) is 22.5 Å². The third-order valence-electron chi connectivity index (χ3n) is 5.03. The predicted molar refractivity (Wildman–Crippen MR) is 114 cm³/mol. The van der Waals surface area contributed by atoms with E-state index in [1.807, 2.05) is 0 Å². The molecule has 0 atom stereocenters. The molecular weight excluding hydrogens is 424 g/mol. The number of aryl methyl sites for hydroxylation is 1. The number of amides is 1. The van der Waals surface area contributed by atoms with Crippen LogP contribution in [0.25, 0.3) is 0 Å². The number of nitrogens with zero attached hydrogens (tertiary/aromatic N) is 3. The van der Waals surface area contributed by atoms with Crippen molar-refractivity contribution in [2.75, 3.05) is 19.5 Å². The average molecular weight is 443 g/mol. The molecule has 0 fully saturated rings. The molecule has 0 saturated carbocycles. The van der Waals surface area contributed by atoms with E-state index in [1.54, 1.807) is 24.3 Å². The molecule has 4 rings (SSSR count). The number of rotatable bonds is 4. The van der Waals surface area contributed by atoms with Crippen molar-refractivity contribution in [3.05, 3.63) is 57.6 Å². The van der Waals surface area contributed by atoms with Gasteiger partial charge in [-0.05, 0) is 43.0 Å². The Labute approximate surface area is 178 Å². The summed E-state index contributed by atoms with van der Waals surface area (Å²) in [7, 11) is -1.31. The molecule has 1 aromatic carbocycles. The lowest BCUT2D eigenvalue weighted by molar-refractivity contribution is -0.113. The molecule has 0 unspecified atom stereocenters. The molecule has 2 aliphatic rings. The van der Waals surface area contributed by atoms with Crippen LogP contribution in [0.1, 0.15) is 28.0 Å². The minimum atomic E-state index is -4.09. The lowest BCUT2D eigenvalue weighted by Crippen LogP contribution is -2.35. The number of allylic oxidation sites excluding steroid dienone is 1. The SMILES string of the molecule is COc1cccc(C2=NS(=O)(=O)N(C)C(C(=O)Nc3sc4c(c3C#N)CCC4)=C2)c1. The van der Waals surface area contributed by atoms with E-state index >= 15 is 0 Å². The lowest BCUT2D eigenvalue weighted by atomic mass is 10.1. The van der Waals surface area contributed by atoms with Crippen molar-refractivity contribution in [2.45, 2.75) is 19.3 Å². The normalized spacial score (nSPS) is 16.9. The van der Waals surface area contributed by atoms with Crippen molar-refractivity contribution in [3.63, 3.8) is 0 Å². The Morgan fingerprint density at radius 3 is 2.90 bits per heavy atom. The van der Waals surface area contributed by atoms with Crippen LogP contribution in [0.2, 0.25) is 0 Å². The fourth-order valence-electron chi connectivity index (χ4n) is 3.46. The second-order valence-electron chi connectivity index (χ2n) is 6.81. The monoisotopic (exact) mass is 442 g/mol. The molecule has 154 valence electrons. The van der Waals surface area contributed by atoms with Gasteiger partial charge in [0.25, 0.3) is 5.91 Å². The van der Waals surface area contributed by atoms with E-state index in [1.165, 1.54) is 31.6 Å². The van der Waals surface area contributed by atoms with Gasteiger partial charge in [-0.25, -0.2) is 4.31 Å². The van der Waals surface area contributed by atoms with Crippen LogP contribution >= 0.6 is 11.3 Å². The molecule has 0 bridgehead atoms. The van der Waals surface area contributed by atoms with Gasteiger partial charge in [0.2, 0.25) is 0 Å².